The van der Waals surface area contributed by atoms with Crippen molar-refractivity contribution in [3.05, 3.63) is 17.1 Å². The molecule has 1 aliphatic rings. The molecule has 1 aliphatic carbocycles. The maximum atomic E-state index is 6.03. The summed E-state index contributed by atoms with van der Waals surface area (Å²) >= 11 is 0. The van der Waals surface area contributed by atoms with Crippen LogP contribution in [0.3, 0.4) is 0 Å². The minimum atomic E-state index is -0.306. The van der Waals surface area contributed by atoms with E-state index in [4.69, 9.17) is 10.5 Å². The largest absolute Gasteiger partial charge is 0.383 e. The standard InChI is InChI=1S/C14H23N3O/c1-4-18-14(8-6-5-7-9-14)13-16-11(3)10(2)12(15)17-13/h4-9H2,1-3H3,(H2,15,16,17). The summed E-state index contributed by atoms with van der Waals surface area (Å²) in [6.45, 7) is 6.67. The van der Waals surface area contributed by atoms with Crippen LogP contribution in [0.2, 0.25) is 0 Å². The zero-order valence-corrected chi connectivity index (χ0v) is 11.6. The Labute approximate surface area is 109 Å². The first-order valence-corrected chi connectivity index (χ1v) is 6.84. The monoisotopic (exact) mass is 249 g/mol. The van der Waals surface area contributed by atoms with Crippen LogP contribution >= 0.6 is 0 Å². The smallest absolute Gasteiger partial charge is 0.162 e. The zero-order valence-electron chi connectivity index (χ0n) is 11.6. The molecule has 2 rings (SSSR count). The SMILES string of the molecule is CCOC1(c2nc(C)c(C)c(N)n2)CCCCC1. The highest BCUT2D eigenvalue weighted by Crippen LogP contribution is 2.39. The second-order valence-electron chi connectivity index (χ2n) is 5.13. The van der Waals surface area contributed by atoms with Gasteiger partial charge in [0.05, 0.1) is 0 Å². The van der Waals surface area contributed by atoms with Crippen LogP contribution in [0.4, 0.5) is 5.82 Å². The van der Waals surface area contributed by atoms with Crippen molar-refractivity contribution in [1.29, 1.82) is 0 Å². The second kappa shape index (κ2) is 5.22. The molecule has 1 saturated carbocycles. The molecule has 18 heavy (non-hydrogen) atoms. The summed E-state index contributed by atoms with van der Waals surface area (Å²) in [4.78, 5) is 9.12. The lowest BCUT2D eigenvalue weighted by molar-refractivity contribution is -0.0767. The molecule has 2 N–H and O–H groups in total. The van der Waals surface area contributed by atoms with Crippen LogP contribution in [0.15, 0.2) is 0 Å². The molecule has 1 heterocycles. The van der Waals surface area contributed by atoms with E-state index in [2.05, 4.69) is 9.97 Å². The Bertz CT molecular complexity index is 397. The van der Waals surface area contributed by atoms with Crippen molar-refractivity contribution in [2.75, 3.05) is 12.3 Å². The lowest BCUT2D eigenvalue weighted by atomic mass is 9.83. The van der Waals surface area contributed by atoms with E-state index in [-0.39, 0.29) is 5.60 Å². The number of nitrogen functional groups attached to an aromatic ring is 1. The van der Waals surface area contributed by atoms with Gasteiger partial charge in [0.2, 0.25) is 0 Å². The second-order valence-corrected chi connectivity index (χ2v) is 5.13. The van der Waals surface area contributed by atoms with E-state index in [1.165, 1.54) is 19.3 Å². The average Bonchev–Trinajstić information content (AvgIpc) is 2.37. The lowest BCUT2D eigenvalue weighted by Gasteiger charge is -2.35. The van der Waals surface area contributed by atoms with Crippen molar-refractivity contribution in [3.63, 3.8) is 0 Å². The summed E-state index contributed by atoms with van der Waals surface area (Å²) in [5.74, 6) is 1.37. The van der Waals surface area contributed by atoms with E-state index in [1.807, 2.05) is 20.8 Å². The van der Waals surface area contributed by atoms with E-state index in [9.17, 15) is 0 Å². The third-order valence-corrected chi connectivity index (χ3v) is 3.92. The van der Waals surface area contributed by atoms with E-state index in [1.54, 1.807) is 0 Å². The molecule has 0 aliphatic heterocycles. The van der Waals surface area contributed by atoms with Gasteiger partial charge in [0.1, 0.15) is 11.4 Å². The van der Waals surface area contributed by atoms with Crippen LogP contribution in [0.25, 0.3) is 0 Å². The minimum Gasteiger partial charge on any atom is -0.383 e. The van der Waals surface area contributed by atoms with Crippen LogP contribution in [-0.4, -0.2) is 16.6 Å². The van der Waals surface area contributed by atoms with Crippen molar-refractivity contribution >= 4 is 5.82 Å². The molecule has 1 fully saturated rings. The summed E-state index contributed by atoms with van der Waals surface area (Å²) in [5.41, 5.74) is 7.60. The van der Waals surface area contributed by atoms with Crippen molar-refractivity contribution in [2.24, 2.45) is 0 Å². The first-order chi connectivity index (χ1) is 8.59. The van der Waals surface area contributed by atoms with Gasteiger partial charge in [-0.25, -0.2) is 9.97 Å². The molecule has 0 aromatic carbocycles. The maximum Gasteiger partial charge on any atom is 0.162 e. The van der Waals surface area contributed by atoms with Gasteiger partial charge in [0, 0.05) is 17.9 Å². The lowest BCUT2D eigenvalue weighted by Crippen LogP contribution is -2.35. The van der Waals surface area contributed by atoms with Gasteiger partial charge in [-0.3, -0.25) is 0 Å². The van der Waals surface area contributed by atoms with Gasteiger partial charge in [0.25, 0.3) is 0 Å². The molecule has 1 aromatic heterocycles. The Balaban J connectivity index is 2.42. The van der Waals surface area contributed by atoms with Gasteiger partial charge in [0.15, 0.2) is 5.82 Å². The fraction of sp³-hybridized carbons (Fsp3) is 0.714. The molecule has 0 amide bonds. The number of nitrogens with two attached hydrogens (primary N) is 1. The fourth-order valence-corrected chi connectivity index (χ4v) is 2.69. The Morgan fingerprint density at radius 3 is 2.39 bits per heavy atom. The predicted molar refractivity (Wildman–Crippen MR) is 72.3 cm³/mol. The van der Waals surface area contributed by atoms with E-state index >= 15 is 0 Å². The van der Waals surface area contributed by atoms with Gasteiger partial charge >= 0.3 is 0 Å². The molecular weight excluding hydrogens is 226 g/mol. The number of anilines is 1. The normalized spacial score (nSPS) is 18.8. The van der Waals surface area contributed by atoms with Gasteiger partial charge in [-0.05, 0) is 33.6 Å². The first-order valence-electron chi connectivity index (χ1n) is 6.84. The molecular formula is C14H23N3O. The summed E-state index contributed by atoms with van der Waals surface area (Å²) in [6.07, 6.45) is 5.63. The number of hydrogen-bond donors (Lipinski definition) is 1. The van der Waals surface area contributed by atoms with Crippen LogP contribution in [0, 0.1) is 13.8 Å². The highest BCUT2D eigenvalue weighted by atomic mass is 16.5. The quantitative estimate of drug-likeness (QED) is 0.894. The number of nitrogens with zero attached hydrogens (tertiary/aromatic N) is 2. The van der Waals surface area contributed by atoms with Crippen LogP contribution < -0.4 is 5.73 Å². The number of ether oxygens (including phenoxy) is 1. The number of hydrogen-bond acceptors (Lipinski definition) is 4. The summed E-state index contributed by atoms with van der Waals surface area (Å²) in [7, 11) is 0. The predicted octanol–water partition coefficient (Wildman–Crippen LogP) is 2.87. The van der Waals surface area contributed by atoms with E-state index in [0.29, 0.717) is 12.4 Å². The highest BCUT2D eigenvalue weighted by molar-refractivity contribution is 5.41. The Morgan fingerprint density at radius 1 is 1.17 bits per heavy atom. The van der Waals surface area contributed by atoms with Crippen LogP contribution in [-0.2, 0) is 10.3 Å². The molecule has 100 valence electrons. The van der Waals surface area contributed by atoms with Gasteiger partial charge < -0.3 is 10.5 Å². The highest BCUT2D eigenvalue weighted by Gasteiger charge is 2.37. The van der Waals surface area contributed by atoms with Crippen LogP contribution in [0.1, 0.15) is 56.1 Å². The summed E-state index contributed by atoms with van der Waals surface area (Å²) in [6, 6.07) is 0. The van der Waals surface area contributed by atoms with Crippen molar-refractivity contribution in [2.45, 2.75) is 58.5 Å². The molecule has 0 bridgehead atoms. The van der Waals surface area contributed by atoms with Gasteiger partial charge in [-0.15, -0.1) is 0 Å². The van der Waals surface area contributed by atoms with Crippen molar-refractivity contribution in [3.8, 4) is 0 Å². The maximum absolute atomic E-state index is 6.03. The topological polar surface area (TPSA) is 61.0 Å². The third-order valence-electron chi connectivity index (χ3n) is 3.92. The zero-order chi connectivity index (χ0) is 13.2. The van der Waals surface area contributed by atoms with Crippen molar-refractivity contribution in [1.82, 2.24) is 9.97 Å². The molecule has 0 spiro atoms. The molecule has 0 unspecified atom stereocenters. The fourth-order valence-electron chi connectivity index (χ4n) is 2.69. The third kappa shape index (κ3) is 2.34. The van der Waals surface area contributed by atoms with Crippen molar-refractivity contribution < 1.29 is 4.74 Å². The molecule has 1 aromatic rings. The van der Waals surface area contributed by atoms with Crippen LogP contribution in [0.5, 0.6) is 0 Å². The Kier molecular flexibility index (Phi) is 3.85. The molecule has 0 radical (unpaired) electrons. The minimum absolute atomic E-state index is 0.306. The summed E-state index contributed by atoms with van der Waals surface area (Å²) < 4.78 is 6.03. The number of rotatable bonds is 3. The molecule has 4 heteroatoms. The average molecular weight is 249 g/mol. The molecule has 0 atom stereocenters. The van der Waals surface area contributed by atoms with E-state index in [0.717, 1.165) is 29.9 Å². The van der Waals surface area contributed by atoms with E-state index < -0.39 is 0 Å². The van der Waals surface area contributed by atoms with Gasteiger partial charge in [-0.1, -0.05) is 19.3 Å². The molecule has 4 nitrogen and oxygen atoms in total. The Hall–Kier alpha value is -1.16. The number of aryl methyl sites for hydroxylation is 1. The molecule has 0 saturated heterocycles. The first kappa shape index (κ1) is 13.3. The number of aromatic nitrogens is 2. The Morgan fingerprint density at radius 2 is 1.83 bits per heavy atom. The summed E-state index contributed by atoms with van der Waals surface area (Å²) in [5, 5.41) is 0. The van der Waals surface area contributed by atoms with Gasteiger partial charge in [-0.2, -0.15) is 0 Å².